The SMILES string of the molecule is CC(C)CCC[C@@H](C)[C@H]1NN[C@H]2[C@@H]3CC=C4C[C@@H](O)CC[C@]4(C)[C@H]3CC[C@]12C. The number of aliphatic hydroxyl groups excluding tert-OH is 1. The smallest absolute Gasteiger partial charge is 0.0577 e. The van der Waals surface area contributed by atoms with E-state index < -0.39 is 0 Å². The fourth-order valence-corrected chi connectivity index (χ4v) is 7.66. The van der Waals surface area contributed by atoms with E-state index in [2.05, 4.69) is 51.5 Å². The molecule has 0 amide bonds. The average Bonchev–Trinajstić information content (AvgIpc) is 2.99. The Balaban J connectivity index is 1.49. The average molecular weight is 389 g/mol. The molecule has 8 atom stereocenters. The first-order valence-electron chi connectivity index (χ1n) is 12.1. The van der Waals surface area contributed by atoms with Crippen LogP contribution in [0.3, 0.4) is 0 Å². The molecule has 0 aromatic rings. The second kappa shape index (κ2) is 7.71. The lowest BCUT2D eigenvalue weighted by Crippen LogP contribution is -2.56. The number of hydrazine groups is 1. The molecule has 3 nitrogen and oxygen atoms in total. The van der Waals surface area contributed by atoms with E-state index in [0.717, 1.165) is 36.5 Å². The van der Waals surface area contributed by atoms with Gasteiger partial charge < -0.3 is 5.11 Å². The van der Waals surface area contributed by atoms with Crippen molar-refractivity contribution in [3.8, 4) is 0 Å². The molecule has 4 aliphatic rings. The van der Waals surface area contributed by atoms with Gasteiger partial charge >= 0.3 is 0 Å². The minimum absolute atomic E-state index is 0.105. The number of nitrogens with one attached hydrogen (secondary N) is 2. The lowest BCUT2D eigenvalue weighted by atomic mass is 9.48. The van der Waals surface area contributed by atoms with Crippen molar-refractivity contribution >= 4 is 0 Å². The van der Waals surface area contributed by atoms with Crippen molar-refractivity contribution in [3.05, 3.63) is 11.6 Å². The summed E-state index contributed by atoms with van der Waals surface area (Å²) in [5.41, 5.74) is 9.88. The van der Waals surface area contributed by atoms with Gasteiger partial charge in [0, 0.05) is 17.5 Å². The van der Waals surface area contributed by atoms with Gasteiger partial charge in [-0.15, -0.1) is 0 Å². The Kier molecular flexibility index (Phi) is 5.74. The molecule has 2 saturated carbocycles. The van der Waals surface area contributed by atoms with E-state index in [1.165, 1.54) is 44.9 Å². The van der Waals surface area contributed by atoms with Crippen LogP contribution in [-0.4, -0.2) is 23.3 Å². The third kappa shape index (κ3) is 3.40. The summed E-state index contributed by atoms with van der Waals surface area (Å²) in [6.45, 7) is 12.2. The van der Waals surface area contributed by atoms with Crippen LogP contribution in [0.1, 0.15) is 92.4 Å². The Morgan fingerprint density at radius 3 is 2.64 bits per heavy atom. The number of aliphatic hydroxyl groups is 1. The number of hydrogen-bond donors (Lipinski definition) is 3. The minimum atomic E-state index is -0.105. The highest BCUT2D eigenvalue weighted by molar-refractivity contribution is 5.26. The van der Waals surface area contributed by atoms with E-state index in [0.29, 0.717) is 22.9 Å². The molecule has 0 unspecified atom stereocenters. The summed E-state index contributed by atoms with van der Waals surface area (Å²) in [6, 6.07) is 1.18. The maximum atomic E-state index is 10.2. The van der Waals surface area contributed by atoms with Crippen LogP contribution in [0.2, 0.25) is 0 Å². The molecule has 3 N–H and O–H groups in total. The van der Waals surface area contributed by atoms with Crippen LogP contribution >= 0.6 is 0 Å². The van der Waals surface area contributed by atoms with Crippen LogP contribution < -0.4 is 10.9 Å². The number of allylic oxidation sites excluding steroid dienone is 1. The normalized spacial score (nSPS) is 46.5. The van der Waals surface area contributed by atoms with E-state index in [-0.39, 0.29) is 6.10 Å². The Hall–Kier alpha value is -0.380. The summed E-state index contributed by atoms with van der Waals surface area (Å²) in [5.74, 6) is 3.07. The van der Waals surface area contributed by atoms with Crippen molar-refractivity contribution in [1.29, 1.82) is 0 Å². The summed E-state index contributed by atoms with van der Waals surface area (Å²) in [4.78, 5) is 0. The third-order valence-corrected chi connectivity index (χ3v) is 9.41. The van der Waals surface area contributed by atoms with Crippen LogP contribution in [0.25, 0.3) is 0 Å². The minimum Gasteiger partial charge on any atom is -0.393 e. The fourth-order valence-electron chi connectivity index (χ4n) is 7.66. The van der Waals surface area contributed by atoms with Gasteiger partial charge in [-0.05, 0) is 74.0 Å². The van der Waals surface area contributed by atoms with E-state index >= 15 is 0 Å². The Morgan fingerprint density at radius 2 is 1.89 bits per heavy atom. The zero-order valence-electron chi connectivity index (χ0n) is 18.9. The number of hydrogen-bond acceptors (Lipinski definition) is 3. The summed E-state index contributed by atoms with van der Waals surface area (Å²) in [7, 11) is 0. The van der Waals surface area contributed by atoms with Crippen molar-refractivity contribution in [2.45, 2.75) is 111 Å². The van der Waals surface area contributed by atoms with Crippen molar-refractivity contribution in [1.82, 2.24) is 10.9 Å². The van der Waals surface area contributed by atoms with Gasteiger partial charge in [0.05, 0.1) is 6.10 Å². The molecular formula is C25H44N2O. The van der Waals surface area contributed by atoms with E-state index in [4.69, 9.17) is 0 Å². The summed E-state index contributed by atoms with van der Waals surface area (Å²) >= 11 is 0. The van der Waals surface area contributed by atoms with Crippen LogP contribution in [0.4, 0.5) is 0 Å². The molecule has 160 valence electrons. The second-order valence-corrected chi connectivity index (χ2v) is 11.6. The lowest BCUT2D eigenvalue weighted by molar-refractivity contribution is -0.0214. The van der Waals surface area contributed by atoms with E-state index in [1.807, 2.05) is 0 Å². The Labute approximate surface area is 173 Å². The Bertz CT molecular complexity index is 601. The lowest BCUT2D eigenvalue weighted by Gasteiger charge is -2.57. The first-order valence-corrected chi connectivity index (χ1v) is 12.1. The molecule has 0 spiro atoms. The predicted molar refractivity (Wildman–Crippen MR) is 117 cm³/mol. The van der Waals surface area contributed by atoms with E-state index in [1.54, 1.807) is 5.57 Å². The van der Waals surface area contributed by atoms with Gasteiger partial charge in [-0.25, -0.2) is 0 Å². The first-order chi connectivity index (χ1) is 13.3. The first kappa shape index (κ1) is 20.9. The molecule has 0 radical (unpaired) electrons. The topological polar surface area (TPSA) is 44.3 Å². The molecule has 4 rings (SSSR count). The van der Waals surface area contributed by atoms with Gasteiger partial charge in [0.1, 0.15) is 0 Å². The highest BCUT2D eigenvalue weighted by atomic mass is 16.3. The zero-order chi connectivity index (χ0) is 20.1. The standard InChI is InChI=1S/C25H44N2O/c1-16(2)7-6-8-17(3)22-25(5)14-12-21-20(23(25)27-26-22)10-9-18-15-19(28)11-13-24(18,21)4/h9,16-17,19-23,26-28H,6-8,10-15H2,1-5H3/t17-,19+,20-,21+,22-,23+,24+,25-/m1/s1. The molecule has 1 heterocycles. The summed E-state index contributed by atoms with van der Waals surface area (Å²) in [5, 5.41) is 10.2. The van der Waals surface area contributed by atoms with Gasteiger partial charge in [-0.1, -0.05) is 59.1 Å². The van der Waals surface area contributed by atoms with Gasteiger partial charge in [-0.2, -0.15) is 0 Å². The molecule has 0 bridgehead atoms. The highest BCUT2D eigenvalue weighted by Gasteiger charge is 2.59. The molecule has 3 aliphatic carbocycles. The molecule has 0 aromatic carbocycles. The largest absolute Gasteiger partial charge is 0.393 e. The molecular weight excluding hydrogens is 344 g/mol. The molecule has 28 heavy (non-hydrogen) atoms. The fraction of sp³-hybridized carbons (Fsp3) is 0.920. The maximum absolute atomic E-state index is 10.2. The van der Waals surface area contributed by atoms with Crippen LogP contribution in [0.5, 0.6) is 0 Å². The van der Waals surface area contributed by atoms with Crippen molar-refractivity contribution in [3.63, 3.8) is 0 Å². The van der Waals surface area contributed by atoms with Gasteiger partial charge in [-0.3, -0.25) is 10.9 Å². The monoisotopic (exact) mass is 388 g/mol. The third-order valence-electron chi connectivity index (χ3n) is 9.41. The van der Waals surface area contributed by atoms with Crippen LogP contribution in [-0.2, 0) is 0 Å². The van der Waals surface area contributed by atoms with Crippen molar-refractivity contribution in [2.24, 2.45) is 34.5 Å². The summed E-state index contributed by atoms with van der Waals surface area (Å²) in [6.07, 6.45) is 13.4. The van der Waals surface area contributed by atoms with Gasteiger partial charge in [0.2, 0.25) is 0 Å². The van der Waals surface area contributed by atoms with Crippen molar-refractivity contribution < 1.29 is 5.11 Å². The van der Waals surface area contributed by atoms with Crippen LogP contribution in [0, 0.1) is 34.5 Å². The zero-order valence-corrected chi connectivity index (χ0v) is 18.9. The molecule has 1 saturated heterocycles. The van der Waals surface area contributed by atoms with E-state index in [9.17, 15) is 5.11 Å². The molecule has 1 aliphatic heterocycles. The van der Waals surface area contributed by atoms with Crippen LogP contribution in [0.15, 0.2) is 11.6 Å². The molecule has 3 fully saturated rings. The number of rotatable bonds is 5. The molecule has 0 aromatic heterocycles. The molecule has 3 heteroatoms. The summed E-state index contributed by atoms with van der Waals surface area (Å²) < 4.78 is 0. The Morgan fingerprint density at radius 1 is 1.11 bits per heavy atom. The second-order valence-electron chi connectivity index (χ2n) is 11.6. The highest BCUT2D eigenvalue weighted by Crippen LogP contribution is 2.61. The maximum Gasteiger partial charge on any atom is 0.0577 e. The van der Waals surface area contributed by atoms with Crippen molar-refractivity contribution in [2.75, 3.05) is 0 Å². The predicted octanol–water partition coefficient (Wildman–Crippen LogP) is 5.21. The quantitative estimate of drug-likeness (QED) is 0.567. The number of fused-ring (bicyclic) bond motifs is 5. The van der Waals surface area contributed by atoms with Gasteiger partial charge in [0.15, 0.2) is 0 Å². The van der Waals surface area contributed by atoms with Gasteiger partial charge in [0.25, 0.3) is 0 Å².